The quantitative estimate of drug-likeness (QED) is 0.459. The van der Waals surface area contributed by atoms with E-state index in [1.807, 2.05) is 12.1 Å². The van der Waals surface area contributed by atoms with Crippen LogP contribution in [0, 0.1) is 0 Å². The lowest BCUT2D eigenvalue weighted by atomic mass is 10.1. The van der Waals surface area contributed by atoms with E-state index in [1.54, 1.807) is 0 Å². The van der Waals surface area contributed by atoms with Crippen LogP contribution in [0.3, 0.4) is 0 Å². The van der Waals surface area contributed by atoms with Gasteiger partial charge in [0.1, 0.15) is 0 Å². The van der Waals surface area contributed by atoms with Gasteiger partial charge in [0.2, 0.25) is 0 Å². The second kappa shape index (κ2) is 6.81. The van der Waals surface area contributed by atoms with Crippen LogP contribution in [-0.4, -0.2) is 18.9 Å². The average Bonchev–Trinajstić information content (AvgIpc) is 2.70. The molecule has 0 saturated heterocycles. The van der Waals surface area contributed by atoms with Gasteiger partial charge in [-0.1, -0.05) is 0 Å². The van der Waals surface area contributed by atoms with Crippen molar-refractivity contribution >= 4 is 39.0 Å². The fourth-order valence-corrected chi connectivity index (χ4v) is 2.60. The molecule has 1 rings (SSSR count). The molecule has 0 N–H and O–H groups in total. The van der Waals surface area contributed by atoms with Crippen molar-refractivity contribution in [3.63, 3.8) is 0 Å². The number of carbonyl (C=O) groups is 2. The number of thiophene rings is 1. The van der Waals surface area contributed by atoms with Crippen LogP contribution in [0.25, 0.3) is 0 Å². The number of rotatable bonds is 6. The molecule has 0 bridgehead atoms. The first kappa shape index (κ1) is 13.4. The largest absolute Gasteiger partial charge is 0.469 e. The number of hydrogen-bond donors (Lipinski definition) is 0. The Kier molecular flexibility index (Phi) is 5.69. The molecule has 0 amide bonds. The molecule has 0 radical (unpaired) electrons. The molecule has 0 aromatic carbocycles. The van der Waals surface area contributed by atoms with Gasteiger partial charge in [0.25, 0.3) is 0 Å². The molecule has 1 aromatic rings. The third-order valence-corrected chi connectivity index (χ3v) is 3.78. The van der Waals surface area contributed by atoms with Crippen molar-refractivity contribution in [2.75, 3.05) is 7.11 Å². The van der Waals surface area contributed by atoms with E-state index in [-0.39, 0.29) is 11.8 Å². The maximum Gasteiger partial charge on any atom is 0.305 e. The standard InChI is InChI=1S/C11H13BrO3S/c1-15-11(14)5-3-2-4-8(13)9-6-7-10(12)16-9/h6-7H,2-5H2,1H3. The molecule has 0 unspecified atom stereocenters. The minimum atomic E-state index is -0.216. The van der Waals surface area contributed by atoms with Gasteiger partial charge in [0.15, 0.2) is 5.78 Å². The number of halogens is 1. The molecule has 16 heavy (non-hydrogen) atoms. The number of unbranched alkanes of at least 4 members (excludes halogenated alkanes) is 1. The molecule has 88 valence electrons. The lowest BCUT2D eigenvalue weighted by Gasteiger charge is -1.99. The van der Waals surface area contributed by atoms with Gasteiger partial charge in [-0.15, -0.1) is 11.3 Å². The summed E-state index contributed by atoms with van der Waals surface area (Å²) in [5.41, 5.74) is 0. The topological polar surface area (TPSA) is 43.4 Å². The Bertz CT molecular complexity index is 373. The first-order valence-corrected chi connectivity index (χ1v) is 6.60. The van der Waals surface area contributed by atoms with Crippen LogP contribution < -0.4 is 0 Å². The fraction of sp³-hybridized carbons (Fsp3) is 0.455. The molecular weight excluding hydrogens is 292 g/mol. The Balaban J connectivity index is 2.23. The van der Waals surface area contributed by atoms with Crippen molar-refractivity contribution in [2.45, 2.75) is 25.7 Å². The maximum absolute atomic E-state index is 11.6. The Labute approximate surface area is 107 Å². The van der Waals surface area contributed by atoms with Crippen molar-refractivity contribution in [1.29, 1.82) is 0 Å². The summed E-state index contributed by atoms with van der Waals surface area (Å²) in [5, 5.41) is 0. The van der Waals surface area contributed by atoms with E-state index in [9.17, 15) is 9.59 Å². The fourth-order valence-electron chi connectivity index (χ4n) is 1.24. The van der Waals surface area contributed by atoms with Gasteiger partial charge in [-0.05, 0) is 40.9 Å². The van der Waals surface area contributed by atoms with E-state index < -0.39 is 0 Å². The summed E-state index contributed by atoms with van der Waals surface area (Å²) < 4.78 is 5.48. The average molecular weight is 305 g/mol. The number of methoxy groups -OCH3 is 1. The predicted octanol–water partition coefficient (Wildman–Crippen LogP) is 3.43. The summed E-state index contributed by atoms with van der Waals surface area (Å²) in [6.45, 7) is 0. The highest BCUT2D eigenvalue weighted by atomic mass is 79.9. The van der Waals surface area contributed by atoms with Crippen LogP contribution in [0.4, 0.5) is 0 Å². The van der Waals surface area contributed by atoms with Crippen LogP contribution in [0.15, 0.2) is 15.9 Å². The maximum atomic E-state index is 11.6. The van der Waals surface area contributed by atoms with E-state index in [1.165, 1.54) is 18.4 Å². The summed E-state index contributed by atoms with van der Waals surface area (Å²) in [7, 11) is 1.37. The zero-order chi connectivity index (χ0) is 12.0. The van der Waals surface area contributed by atoms with Crippen LogP contribution in [-0.2, 0) is 9.53 Å². The molecule has 3 nitrogen and oxygen atoms in total. The van der Waals surface area contributed by atoms with E-state index in [0.717, 1.165) is 15.1 Å². The zero-order valence-corrected chi connectivity index (χ0v) is 11.4. The molecule has 0 saturated carbocycles. The van der Waals surface area contributed by atoms with E-state index in [0.29, 0.717) is 19.3 Å². The van der Waals surface area contributed by atoms with E-state index >= 15 is 0 Å². The molecule has 0 atom stereocenters. The number of carbonyl (C=O) groups excluding carboxylic acids is 2. The molecule has 0 fully saturated rings. The second-order valence-electron chi connectivity index (χ2n) is 3.31. The smallest absolute Gasteiger partial charge is 0.305 e. The minimum Gasteiger partial charge on any atom is -0.469 e. The molecule has 0 spiro atoms. The van der Waals surface area contributed by atoms with Crippen molar-refractivity contribution in [2.24, 2.45) is 0 Å². The van der Waals surface area contributed by atoms with E-state index in [2.05, 4.69) is 20.7 Å². The lowest BCUT2D eigenvalue weighted by Crippen LogP contribution is -2.01. The van der Waals surface area contributed by atoms with Gasteiger partial charge in [-0.2, -0.15) is 0 Å². The van der Waals surface area contributed by atoms with Crippen molar-refractivity contribution in [3.05, 3.63) is 20.8 Å². The molecule has 0 aliphatic rings. The highest BCUT2D eigenvalue weighted by Gasteiger charge is 2.08. The number of ether oxygens (including phenoxy) is 1. The van der Waals surface area contributed by atoms with Crippen LogP contribution in [0.2, 0.25) is 0 Å². The Morgan fingerprint density at radius 2 is 2.00 bits per heavy atom. The summed E-state index contributed by atoms with van der Waals surface area (Å²) >= 11 is 4.76. The Morgan fingerprint density at radius 1 is 1.31 bits per heavy atom. The van der Waals surface area contributed by atoms with Gasteiger partial charge in [0.05, 0.1) is 15.8 Å². The zero-order valence-electron chi connectivity index (χ0n) is 8.99. The summed E-state index contributed by atoms with van der Waals surface area (Å²) in [6, 6.07) is 3.68. The van der Waals surface area contributed by atoms with Gasteiger partial charge >= 0.3 is 5.97 Å². The number of ketones is 1. The second-order valence-corrected chi connectivity index (χ2v) is 5.77. The van der Waals surface area contributed by atoms with Gasteiger partial charge in [-0.25, -0.2) is 0 Å². The molecule has 1 aromatic heterocycles. The minimum absolute atomic E-state index is 0.139. The molecule has 5 heteroatoms. The first-order chi connectivity index (χ1) is 7.63. The Morgan fingerprint density at radius 3 is 2.56 bits per heavy atom. The van der Waals surface area contributed by atoms with Gasteiger partial charge < -0.3 is 4.74 Å². The van der Waals surface area contributed by atoms with Crippen LogP contribution in [0.5, 0.6) is 0 Å². The third-order valence-electron chi connectivity index (χ3n) is 2.11. The highest BCUT2D eigenvalue weighted by Crippen LogP contribution is 2.23. The van der Waals surface area contributed by atoms with Crippen molar-refractivity contribution < 1.29 is 14.3 Å². The normalized spacial score (nSPS) is 10.1. The SMILES string of the molecule is COC(=O)CCCCC(=O)c1ccc(Br)s1. The first-order valence-electron chi connectivity index (χ1n) is 4.99. The molecule has 0 aliphatic carbocycles. The lowest BCUT2D eigenvalue weighted by molar-refractivity contribution is -0.140. The molecule has 1 heterocycles. The summed E-state index contributed by atoms with van der Waals surface area (Å²) in [5.74, 6) is -0.0770. The molecular formula is C11H13BrO3S. The molecule has 0 aliphatic heterocycles. The van der Waals surface area contributed by atoms with Crippen LogP contribution in [0.1, 0.15) is 35.4 Å². The van der Waals surface area contributed by atoms with Gasteiger partial charge in [0, 0.05) is 12.8 Å². The highest BCUT2D eigenvalue weighted by molar-refractivity contribution is 9.11. The predicted molar refractivity (Wildman–Crippen MR) is 66.8 cm³/mol. The van der Waals surface area contributed by atoms with Gasteiger partial charge in [-0.3, -0.25) is 9.59 Å². The summed E-state index contributed by atoms with van der Waals surface area (Å²) in [4.78, 5) is 23.2. The number of Topliss-reactive ketones (excluding diaryl/α,β-unsaturated/α-hetero) is 1. The number of hydrogen-bond acceptors (Lipinski definition) is 4. The number of esters is 1. The summed E-state index contributed by atoms with van der Waals surface area (Å²) in [6.07, 6.45) is 2.30. The van der Waals surface area contributed by atoms with Crippen molar-refractivity contribution in [1.82, 2.24) is 0 Å². The monoisotopic (exact) mass is 304 g/mol. The van der Waals surface area contributed by atoms with E-state index in [4.69, 9.17) is 0 Å². The van der Waals surface area contributed by atoms with Crippen LogP contribution >= 0.6 is 27.3 Å². The van der Waals surface area contributed by atoms with Crippen molar-refractivity contribution in [3.8, 4) is 0 Å². The Hall–Kier alpha value is -0.680. The third kappa shape index (κ3) is 4.45.